The first-order valence-corrected chi connectivity index (χ1v) is 9.02. The lowest BCUT2D eigenvalue weighted by atomic mass is 10.1. The number of rotatable bonds is 6. The van der Waals surface area contributed by atoms with E-state index in [-0.39, 0.29) is 5.78 Å². The minimum atomic E-state index is -0.923. The molecule has 146 valence electrons. The Morgan fingerprint density at radius 1 is 1.14 bits per heavy atom. The Balaban J connectivity index is 1.66. The molecule has 0 unspecified atom stereocenters. The topological polar surface area (TPSA) is 71.1 Å². The van der Waals surface area contributed by atoms with Gasteiger partial charge in [-0.3, -0.25) is 4.79 Å². The van der Waals surface area contributed by atoms with Gasteiger partial charge in [-0.05, 0) is 55.0 Å². The van der Waals surface area contributed by atoms with Gasteiger partial charge in [-0.25, -0.2) is 4.79 Å². The summed E-state index contributed by atoms with van der Waals surface area (Å²) in [6.45, 7) is 2.41. The summed E-state index contributed by atoms with van der Waals surface area (Å²) in [5, 5.41) is 0.527. The van der Waals surface area contributed by atoms with E-state index in [1.54, 1.807) is 42.5 Å². The SMILES string of the molecule is COc1cc(/C=C/C(=O)O[C@H](C)C(=O)c2ccc(Cl)cc2)cc2c1OCCO2. The van der Waals surface area contributed by atoms with Gasteiger partial charge in [0.05, 0.1) is 7.11 Å². The summed E-state index contributed by atoms with van der Waals surface area (Å²) in [5.74, 6) is 0.653. The number of esters is 1. The number of hydrogen-bond acceptors (Lipinski definition) is 6. The van der Waals surface area contributed by atoms with Gasteiger partial charge >= 0.3 is 5.97 Å². The van der Waals surface area contributed by atoms with Gasteiger partial charge in [-0.15, -0.1) is 0 Å². The number of carbonyl (C=O) groups is 2. The Morgan fingerprint density at radius 3 is 2.57 bits per heavy atom. The van der Waals surface area contributed by atoms with Crippen LogP contribution in [0.5, 0.6) is 17.2 Å². The lowest BCUT2D eigenvalue weighted by Gasteiger charge is -2.20. The number of Topliss-reactive ketones (excluding diaryl/α,β-unsaturated/α-hetero) is 1. The molecule has 7 heteroatoms. The van der Waals surface area contributed by atoms with Gasteiger partial charge in [0.1, 0.15) is 13.2 Å². The molecule has 0 aromatic heterocycles. The van der Waals surface area contributed by atoms with Crippen molar-refractivity contribution in [3.8, 4) is 17.2 Å². The highest BCUT2D eigenvalue weighted by atomic mass is 35.5. The van der Waals surface area contributed by atoms with E-state index in [1.807, 2.05) is 0 Å². The summed E-state index contributed by atoms with van der Waals surface area (Å²) < 4.78 is 21.6. The first-order chi connectivity index (χ1) is 13.5. The molecule has 0 saturated carbocycles. The third-order valence-corrected chi connectivity index (χ3v) is 4.31. The first kappa shape index (κ1) is 19.8. The summed E-state index contributed by atoms with van der Waals surface area (Å²) in [7, 11) is 1.53. The van der Waals surface area contributed by atoms with E-state index in [1.165, 1.54) is 20.1 Å². The molecular formula is C21H19ClO6. The molecule has 28 heavy (non-hydrogen) atoms. The quantitative estimate of drug-likeness (QED) is 0.414. The molecule has 1 aliphatic heterocycles. The van der Waals surface area contributed by atoms with Crippen LogP contribution in [0.1, 0.15) is 22.8 Å². The van der Waals surface area contributed by atoms with Gasteiger partial charge in [-0.2, -0.15) is 0 Å². The Bertz CT molecular complexity index is 887. The number of ketones is 1. The molecule has 1 heterocycles. The van der Waals surface area contributed by atoms with Crippen LogP contribution in [0.2, 0.25) is 5.02 Å². The van der Waals surface area contributed by atoms with Crippen LogP contribution in [0.25, 0.3) is 6.08 Å². The van der Waals surface area contributed by atoms with Crippen LogP contribution < -0.4 is 14.2 Å². The van der Waals surface area contributed by atoms with Gasteiger partial charge in [0.25, 0.3) is 0 Å². The highest BCUT2D eigenvalue weighted by Gasteiger charge is 2.19. The van der Waals surface area contributed by atoms with Crippen LogP contribution in [0.4, 0.5) is 0 Å². The molecule has 0 N–H and O–H groups in total. The van der Waals surface area contributed by atoms with Gasteiger partial charge in [0.15, 0.2) is 17.6 Å². The van der Waals surface area contributed by atoms with E-state index >= 15 is 0 Å². The number of benzene rings is 2. The van der Waals surface area contributed by atoms with Crippen LogP contribution in [0, 0.1) is 0 Å². The zero-order chi connectivity index (χ0) is 20.1. The highest BCUT2D eigenvalue weighted by molar-refractivity contribution is 6.30. The summed E-state index contributed by atoms with van der Waals surface area (Å²) in [4.78, 5) is 24.4. The fraction of sp³-hybridized carbons (Fsp3) is 0.238. The van der Waals surface area contributed by atoms with Crippen molar-refractivity contribution in [2.75, 3.05) is 20.3 Å². The van der Waals surface area contributed by atoms with Crippen molar-refractivity contribution < 1.29 is 28.5 Å². The molecule has 0 bridgehead atoms. The molecule has 2 aromatic carbocycles. The van der Waals surface area contributed by atoms with E-state index in [9.17, 15) is 9.59 Å². The van der Waals surface area contributed by atoms with Gasteiger partial charge in [0, 0.05) is 16.7 Å². The lowest BCUT2D eigenvalue weighted by Crippen LogP contribution is -2.23. The van der Waals surface area contributed by atoms with Crippen molar-refractivity contribution in [3.05, 3.63) is 58.6 Å². The van der Waals surface area contributed by atoms with E-state index in [0.29, 0.717) is 46.6 Å². The van der Waals surface area contributed by atoms with Crippen molar-refractivity contribution in [2.24, 2.45) is 0 Å². The second-order valence-corrected chi connectivity index (χ2v) is 6.47. The maximum absolute atomic E-state index is 12.3. The van der Waals surface area contributed by atoms with E-state index < -0.39 is 12.1 Å². The number of fused-ring (bicyclic) bond motifs is 1. The number of halogens is 1. The van der Waals surface area contributed by atoms with E-state index in [2.05, 4.69) is 0 Å². The molecule has 0 spiro atoms. The average molecular weight is 403 g/mol. The standard InChI is InChI=1S/C21H19ClO6/c1-13(20(24)15-4-6-16(22)7-5-15)28-19(23)8-3-14-11-17(25-2)21-18(12-14)26-9-10-27-21/h3-8,11-13H,9-10H2,1-2H3/b8-3+/t13-/m1/s1. The fourth-order valence-corrected chi connectivity index (χ4v) is 2.80. The van der Waals surface area contributed by atoms with Crippen LogP contribution >= 0.6 is 11.6 Å². The minimum absolute atomic E-state index is 0.306. The largest absolute Gasteiger partial charge is 0.493 e. The Labute approximate surface area is 167 Å². The summed E-state index contributed by atoms with van der Waals surface area (Å²) in [5.41, 5.74) is 1.10. The maximum Gasteiger partial charge on any atom is 0.331 e. The number of carbonyl (C=O) groups excluding carboxylic acids is 2. The average Bonchev–Trinajstić information content (AvgIpc) is 2.71. The van der Waals surface area contributed by atoms with Crippen LogP contribution in [-0.2, 0) is 9.53 Å². The molecule has 1 aliphatic rings. The number of hydrogen-bond donors (Lipinski definition) is 0. The molecule has 0 amide bonds. The second-order valence-electron chi connectivity index (χ2n) is 6.03. The Hall–Kier alpha value is -2.99. The van der Waals surface area contributed by atoms with Crippen molar-refractivity contribution in [1.29, 1.82) is 0 Å². The predicted octanol–water partition coefficient (Wildman–Crippen LogP) is 3.95. The zero-order valence-electron chi connectivity index (χ0n) is 15.4. The van der Waals surface area contributed by atoms with E-state index in [4.69, 9.17) is 30.5 Å². The zero-order valence-corrected chi connectivity index (χ0v) is 16.2. The summed E-state index contributed by atoms with van der Waals surface area (Å²) >= 11 is 5.81. The molecule has 0 saturated heterocycles. The van der Waals surface area contributed by atoms with Gasteiger partial charge in [0.2, 0.25) is 11.5 Å². The van der Waals surface area contributed by atoms with Crippen molar-refractivity contribution >= 4 is 29.4 Å². The molecule has 0 aliphatic carbocycles. The molecular weight excluding hydrogens is 384 g/mol. The lowest BCUT2D eigenvalue weighted by molar-refractivity contribution is -0.140. The molecule has 3 rings (SSSR count). The summed E-state index contributed by atoms with van der Waals surface area (Å²) in [6, 6.07) is 9.86. The third-order valence-electron chi connectivity index (χ3n) is 4.05. The van der Waals surface area contributed by atoms with Crippen LogP contribution in [0.15, 0.2) is 42.5 Å². The number of methoxy groups -OCH3 is 1. The monoisotopic (exact) mass is 402 g/mol. The van der Waals surface area contributed by atoms with Crippen molar-refractivity contribution in [2.45, 2.75) is 13.0 Å². The van der Waals surface area contributed by atoms with Gasteiger partial charge in [-0.1, -0.05) is 11.6 Å². The Morgan fingerprint density at radius 2 is 1.86 bits per heavy atom. The predicted molar refractivity (Wildman–Crippen MR) is 104 cm³/mol. The third kappa shape index (κ3) is 4.64. The number of ether oxygens (including phenoxy) is 4. The molecule has 6 nitrogen and oxygen atoms in total. The smallest absolute Gasteiger partial charge is 0.331 e. The van der Waals surface area contributed by atoms with Crippen LogP contribution in [-0.4, -0.2) is 38.2 Å². The fourth-order valence-electron chi connectivity index (χ4n) is 2.67. The molecule has 2 aromatic rings. The van der Waals surface area contributed by atoms with Crippen molar-refractivity contribution in [3.63, 3.8) is 0 Å². The van der Waals surface area contributed by atoms with Gasteiger partial charge < -0.3 is 18.9 Å². The highest BCUT2D eigenvalue weighted by Crippen LogP contribution is 2.40. The second kappa shape index (κ2) is 8.80. The summed E-state index contributed by atoms with van der Waals surface area (Å²) in [6.07, 6.45) is 1.88. The molecule has 1 atom stereocenters. The normalized spacial score (nSPS) is 13.8. The molecule has 0 radical (unpaired) electrons. The first-order valence-electron chi connectivity index (χ1n) is 8.64. The maximum atomic E-state index is 12.3. The van der Waals surface area contributed by atoms with Crippen molar-refractivity contribution in [1.82, 2.24) is 0 Å². The minimum Gasteiger partial charge on any atom is -0.493 e. The molecule has 0 fully saturated rings. The van der Waals surface area contributed by atoms with E-state index in [0.717, 1.165) is 0 Å². The Kier molecular flexibility index (Phi) is 6.21. The van der Waals surface area contributed by atoms with Crippen LogP contribution in [0.3, 0.4) is 0 Å².